The molecule has 0 radical (unpaired) electrons. The van der Waals surface area contributed by atoms with Crippen LogP contribution in [-0.2, 0) is 13.1 Å². The Kier molecular flexibility index (Phi) is 5.95. The highest BCUT2D eigenvalue weighted by Crippen LogP contribution is 2.25. The highest BCUT2D eigenvalue weighted by Gasteiger charge is 2.11. The molecule has 0 bridgehead atoms. The molecular weight excluding hydrogens is 294 g/mol. The van der Waals surface area contributed by atoms with Crippen molar-refractivity contribution in [1.82, 2.24) is 4.90 Å². The van der Waals surface area contributed by atoms with Gasteiger partial charge in [0.05, 0.1) is 6.61 Å². The molecule has 0 N–H and O–H groups in total. The van der Waals surface area contributed by atoms with Gasteiger partial charge in [-0.2, -0.15) is 0 Å². The van der Waals surface area contributed by atoms with Crippen LogP contribution in [0.4, 0.5) is 0 Å². The molecule has 24 heavy (non-hydrogen) atoms. The molecule has 2 aromatic carbocycles. The Morgan fingerprint density at radius 3 is 2.71 bits per heavy atom. The number of benzene rings is 2. The number of ether oxygens (including phenoxy) is 1. The highest BCUT2D eigenvalue weighted by molar-refractivity contribution is 5.58. The molecule has 0 amide bonds. The van der Waals surface area contributed by atoms with Crippen LogP contribution in [0.3, 0.4) is 0 Å². The first-order chi connectivity index (χ1) is 11.8. The predicted octanol–water partition coefficient (Wildman–Crippen LogP) is 5.63. The molecule has 0 aliphatic carbocycles. The minimum Gasteiger partial charge on any atom is -0.494 e. The summed E-state index contributed by atoms with van der Waals surface area (Å²) in [6, 6.07) is 17.1. The lowest BCUT2D eigenvalue weighted by Crippen LogP contribution is -2.19. The van der Waals surface area contributed by atoms with Crippen LogP contribution in [0.25, 0.3) is 6.08 Å². The second-order valence-electron chi connectivity index (χ2n) is 6.48. The number of unbranched alkanes of at least 4 members (excludes halogenated alkanes) is 3. The van der Waals surface area contributed by atoms with Crippen molar-refractivity contribution in [2.45, 2.75) is 45.7 Å². The van der Waals surface area contributed by atoms with Gasteiger partial charge >= 0.3 is 0 Å². The SMILES string of the molecule is CCCCCCOc1ccc2c(c1)C=CN(Cc1ccccc1)C2. The third kappa shape index (κ3) is 4.64. The number of hydrogen-bond donors (Lipinski definition) is 0. The molecule has 2 aromatic rings. The van der Waals surface area contributed by atoms with Crippen LogP contribution in [0.2, 0.25) is 0 Å². The van der Waals surface area contributed by atoms with Crippen molar-refractivity contribution >= 4 is 6.08 Å². The molecule has 126 valence electrons. The molecule has 1 aliphatic heterocycles. The maximum atomic E-state index is 5.89. The fourth-order valence-electron chi connectivity index (χ4n) is 3.06. The van der Waals surface area contributed by atoms with Crippen LogP contribution in [0.5, 0.6) is 5.75 Å². The number of fused-ring (bicyclic) bond motifs is 1. The molecule has 1 aliphatic rings. The zero-order valence-corrected chi connectivity index (χ0v) is 14.6. The molecule has 2 heteroatoms. The summed E-state index contributed by atoms with van der Waals surface area (Å²) < 4.78 is 5.89. The van der Waals surface area contributed by atoms with Crippen molar-refractivity contribution in [2.24, 2.45) is 0 Å². The van der Waals surface area contributed by atoms with Gasteiger partial charge in [0.1, 0.15) is 5.75 Å². The van der Waals surface area contributed by atoms with Gasteiger partial charge in [0.2, 0.25) is 0 Å². The summed E-state index contributed by atoms with van der Waals surface area (Å²) in [5.74, 6) is 0.992. The first-order valence-electron chi connectivity index (χ1n) is 9.07. The highest BCUT2D eigenvalue weighted by atomic mass is 16.5. The molecule has 0 saturated heterocycles. The summed E-state index contributed by atoms with van der Waals surface area (Å²) >= 11 is 0. The van der Waals surface area contributed by atoms with Gasteiger partial charge in [-0.05, 0) is 41.3 Å². The third-order valence-corrected chi connectivity index (χ3v) is 4.45. The van der Waals surface area contributed by atoms with Gasteiger partial charge in [-0.1, -0.05) is 62.6 Å². The van der Waals surface area contributed by atoms with Crippen molar-refractivity contribution < 1.29 is 4.74 Å². The zero-order chi connectivity index (χ0) is 16.6. The first-order valence-corrected chi connectivity index (χ1v) is 9.07. The van der Waals surface area contributed by atoms with Crippen molar-refractivity contribution in [3.05, 3.63) is 71.4 Å². The van der Waals surface area contributed by atoms with Gasteiger partial charge in [-0.15, -0.1) is 0 Å². The summed E-state index contributed by atoms with van der Waals surface area (Å²) in [7, 11) is 0. The second-order valence-corrected chi connectivity index (χ2v) is 6.48. The lowest BCUT2D eigenvalue weighted by atomic mass is 10.0. The second kappa shape index (κ2) is 8.58. The van der Waals surface area contributed by atoms with Gasteiger partial charge in [-0.3, -0.25) is 0 Å². The largest absolute Gasteiger partial charge is 0.494 e. The summed E-state index contributed by atoms with van der Waals surface area (Å²) in [6.45, 7) is 4.96. The Morgan fingerprint density at radius 2 is 1.88 bits per heavy atom. The standard InChI is InChI=1S/C22H27NO/c1-2-3-4-8-15-24-22-12-11-21-18-23(14-13-20(21)16-22)17-19-9-6-5-7-10-19/h5-7,9-14,16H,2-4,8,15,17-18H2,1H3. The Bertz CT molecular complexity index is 663. The fraction of sp³-hybridized carbons (Fsp3) is 0.364. The summed E-state index contributed by atoms with van der Waals surface area (Å²) in [5.41, 5.74) is 4.00. The third-order valence-electron chi connectivity index (χ3n) is 4.45. The van der Waals surface area contributed by atoms with Crippen molar-refractivity contribution in [3.8, 4) is 5.75 Å². The predicted molar refractivity (Wildman–Crippen MR) is 101 cm³/mol. The topological polar surface area (TPSA) is 12.5 Å². The van der Waals surface area contributed by atoms with Crippen LogP contribution in [0.15, 0.2) is 54.7 Å². The van der Waals surface area contributed by atoms with Gasteiger partial charge < -0.3 is 9.64 Å². The van der Waals surface area contributed by atoms with Crippen LogP contribution >= 0.6 is 0 Å². The minimum absolute atomic E-state index is 0.822. The van der Waals surface area contributed by atoms with E-state index in [1.54, 1.807) is 0 Å². The fourth-order valence-corrected chi connectivity index (χ4v) is 3.06. The molecule has 0 unspecified atom stereocenters. The Morgan fingerprint density at radius 1 is 1.00 bits per heavy atom. The smallest absolute Gasteiger partial charge is 0.119 e. The molecule has 0 saturated carbocycles. The summed E-state index contributed by atoms with van der Waals surface area (Å²) in [6.07, 6.45) is 9.37. The number of rotatable bonds is 8. The summed E-state index contributed by atoms with van der Waals surface area (Å²) in [4.78, 5) is 2.35. The van der Waals surface area contributed by atoms with E-state index in [1.807, 2.05) is 0 Å². The normalized spacial score (nSPS) is 13.0. The zero-order valence-electron chi connectivity index (χ0n) is 14.6. The van der Waals surface area contributed by atoms with E-state index in [1.165, 1.54) is 36.0 Å². The molecule has 0 spiro atoms. The monoisotopic (exact) mass is 321 g/mol. The van der Waals surface area contributed by atoms with E-state index in [0.717, 1.165) is 31.9 Å². The Labute approximate surface area is 145 Å². The number of nitrogens with zero attached hydrogens (tertiary/aromatic N) is 1. The van der Waals surface area contributed by atoms with E-state index in [2.05, 4.69) is 72.6 Å². The average Bonchev–Trinajstić information content (AvgIpc) is 2.62. The van der Waals surface area contributed by atoms with Crippen molar-refractivity contribution in [3.63, 3.8) is 0 Å². The van der Waals surface area contributed by atoms with E-state index < -0.39 is 0 Å². The van der Waals surface area contributed by atoms with Crippen molar-refractivity contribution in [2.75, 3.05) is 6.61 Å². The molecular formula is C22H27NO. The average molecular weight is 321 g/mol. The quantitative estimate of drug-likeness (QED) is 0.584. The molecule has 0 atom stereocenters. The van der Waals surface area contributed by atoms with Gasteiger partial charge in [0.15, 0.2) is 0 Å². The van der Waals surface area contributed by atoms with Crippen LogP contribution in [0.1, 0.15) is 49.3 Å². The van der Waals surface area contributed by atoms with Gasteiger partial charge in [0, 0.05) is 19.3 Å². The minimum atomic E-state index is 0.822. The lowest BCUT2D eigenvalue weighted by molar-refractivity contribution is 0.304. The van der Waals surface area contributed by atoms with Crippen LogP contribution in [0, 0.1) is 0 Å². The number of hydrogen-bond acceptors (Lipinski definition) is 2. The van der Waals surface area contributed by atoms with E-state index in [9.17, 15) is 0 Å². The summed E-state index contributed by atoms with van der Waals surface area (Å²) in [5, 5.41) is 0. The Hall–Kier alpha value is -2.22. The molecule has 0 fully saturated rings. The molecule has 1 heterocycles. The first kappa shape index (κ1) is 16.6. The van der Waals surface area contributed by atoms with E-state index in [0.29, 0.717) is 0 Å². The Balaban J connectivity index is 1.55. The molecule has 0 aromatic heterocycles. The maximum absolute atomic E-state index is 5.89. The van der Waals surface area contributed by atoms with Crippen LogP contribution < -0.4 is 4.74 Å². The van der Waals surface area contributed by atoms with Gasteiger partial charge in [0.25, 0.3) is 0 Å². The molecule has 2 nitrogen and oxygen atoms in total. The van der Waals surface area contributed by atoms with Gasteiger partial charge in [-0.25, -0.2) is 0 Å². The molecule has 3 rings (SSSR count). The van der Waals surface area contributed by atoms with E-state index >= 15 is 0 Å². The maximum Gasteiger partial charge on any atom is 0.119 e. The van der Waals surface area contributed by atoms with E-state index in [4.69, 9.17) is 4.74 Å². The van der Waals surface area contributed by atoms with Crippen LogP contribution in [-0.4, -0.2) is 11.5 Å². The van der Waals surface area contributed by atoms with Crippen molar-refractivity contribution in [1.29, 1.82) is 0 Å². The lowest BCUT2D eigenvalue weighted by Gasteiger charge is -2.25. The van der Waals surface area contributed by atoms with E-state index in [-0.39, 0.29) is 0 Å².